The van der Waals surface area contributed by atoms with Crippen molar-refractivity contribution in [1.82, 2.24) is 25.3 Å². The molecule has 4 rings (SSSR count). The summed E-state index contributed by atoms with van der Waals surface area (Å²) in [5.74, 6) is 1.05. The molecule has 3 heterocycles. The second-order valence-corrected chi connectivity index (χ2v) is 6.50. The first-order valence-corrected chi connectivity index (χ1v) is 8.73. The van der Waals surface area contributed by atoms with Crippen LogP contribution in [0.1, 0.15) is 34.9 Å². The van der Waals surface area contributed by atoms with Gasteiger partial charge in [-0.2, -0.15) is 10.2 Å². The molecule has 134 valence electrons. The number of carbonyl (C=O) groups is 1. The number of methoxy groups -OCH3 is 1. The van der Waals surface area contributed by atoms with Crippen LogP contribution in [0.5, 0.6) is 5.75 Å². The van der Waals surface area contributed by atoms with Crippen LogP contribution < -0.4 is 4.74 Å². The zero-order valence-electron chi connectivity index (χ0n) is 14.6. The highest BCUT2D eigenvalue weighted by Gasteiger charge is 2.27. The number of benzene rings is 1. The highest BCUT2D eigenvalue weighted by Crippen LogP contribution is 2.27. The number of ether oxygens (including phenoxy) is 1. The van der Waals surface area contributed by atoms with E-state index in [1.807, 2.05) is 35.2 Å². The molecule has 1 amide bonds. The van der Waals surface area contributed by atoms with E-state index in [-0.39, 0.29) is 5.91 Å². The summed E-state index contributed by atoms with van der Waals surface area (Å²) in [6.07, 6.45) is 3.79. The number of nitrogens with zero attached hydrogens (tertiary/aromatic N) is 3. The number of likely N-dealkylation sites (tertiary alicyclic amines) is 1. The van der Waals surface area contributed by atoms with Gasteiger partial charge in [-0.15, -0.1) is 0 Å². The molecule has 0 spiro atoms. The van der Waals surface area contributed by atoms with Crippen molar-refractivity contribution in [3.8, 4) is 17.0 Å². The lowest BCUT2D eigenvalue weighted by molar-refractivity contribution is 0.0700. The van der Waals surface area contributed by atoms with Gasteiger partial charge in [0.2, 0.25) is 0 Å². The van der Waals surface area contributed by atoms with Crippen LogP contribution in [0.15, 0.2) is 42.6 Å². The molecule has 7 heteroatoms. The van der Waals surface area contributed by atoms with E-state index in [4.69, 9.17) is 4.74 Å². The van der Waals surface area contributed by atoms with Crippen LogP contribution in [0.4, 0.5) is 0 Å². The van der Waals surface area contributed by atoms with Crippen molar-refractivity contribution < 1.29 is 9.53 Å². The van der Waals surface area contributed by atoms with E-state index in [1.165, 1.54) is 0 Å². The SMILES string of the molecule is COc1cccc(-c2cc(C(=O)N3CCCC(c4ccn[nH]4)C3)[nH]n2)c1. The third-order valence-electron chi connectivity index (χ3n) is 4.84. The number of amides is 1. The standard InChI is InChI=1S/C19H21N5O2/c1-26-15-6-2-4-13(10-15)17-11-18(23-22-17)19(25)24-9-3-5-14(12-24)16-7-8-20-21-16/h2,4,6-8,10-11,14H,3,5,9,12H2,1H3,(H,20,21)(H,22,23). The van der Waals surface area contributed by atoms with Gasteiger partial charge < -0.3 is 9.64 Å². The topological polar surface area (TPSA) is 86.9 Å². The highest BCUT2D eigenvalue weighted by molar-refractivity contribution is 5.93. The third-order valence-corrected chi connectivity index (χ3v) is 4.84. The van der Waals surface area contributed by atoms with Crippen LogP contribution in [0.2, 0.25) is 0 Å². The Kier molecular flexibility index (Phi) is 4.43. The van der Waals surface area contributed by atoms with Crippen molar-refractivity contribution in [3.63, 3.8) is 0 Å². The second-order valence-electron chi connectivity index (χ2n) is 6.50. The molecule has 1 aromatic carbocycles. The van der Waals surface area contributed by atoms with Gasteiger partial charge in [0.05, 0.1) is 12.8 Å². The Hall–Kier alpha value is -3.09. The van der Waals surface area contributed by atoms with E-state index in [1.54, 1.807) is 19.4 Å². The van der Waals surface area contributed by atoms with Gasteiger partial charge in [0.25, 0.3) is 5.91 Å². The van der Waals surface area contributed by atoms with E-state index in [2.05, 4.69) is 20.4 Å². The normalized spacial score (nSPS) is 17.3. The average molecular weight is 351 g/mol. The molecule has 1 aliphatic rings. The third kappa shape index (κ3) is 3.20. The lowest BCUT2D eigenvalue weighted by atomic mass is 9.95. The number of nitrogens with one attached hydrogen (secondary N) is 2. The van der Waals surface area contributed by atoms with E-state index in [0.29, 0.717) is 18.2 Å². The molecule has 7 nitrogen and oxygen atoms in total. The van der Waals surface area contributed by atoms with Crippen molar-refractivity contribution >= 4 is 5.91 Å². The summed E-state index contributed by atoms with van der Waals surface area (Å²) in [5.41, 5.74) is 3.24. The van der Waals surface area contributed by atoms with Crippen molar-refractivity contribution in [2.45, 2.75) is 18.8 Å². The van der Waals surface area contributed by atoms with Crippen molar-refractivity contribution in [1.29, 1.82) is 0 Å². The molecule has 26 heavy (non-hydrogen) atoms. The first kappa shape index (κ1) is 16.4. The van der Waals surface area contributed by atoms with Crippen LogP contribution in [-0.4, -0.2) is 51.4 Å². The number of hydrogen-bond donors (Lipinski definition) is 2. The second kappa shape index (κ2) is 7.03. The summed E-state index contributed by atoms with van der Waals surface area (Å²) in [5, 5.41) is 14.2. The van der Waals surface area contributed by atoms with Gasteiger partial charge in [0, 0.05) is 36.5 Å². The van der Waals surface area contributed by atoms with Gasteiger partial charge in [-0.05, 0) is 37.1 Å². The number of aromatic nitrogens is 4. The van der Waals surface area contributed by atoms with Crippen molar-refractivity contribution in [2.24, 2.45) is 0 Å². The average Bonchev–Trinajstić information content (AvgIpc) is 3.39. The van der Waals surface area contributed by atoms with Gasteiger partial charge >= 0.3 is 0 Å². The molecule has 1 saturated heterocycles. The lowest BCUT2D eigenvalue weighted by Crippen LogP contribution is -2.39. The van der Waals surface area contributed by atoms with Gasteiger partial charge in [-0.1, -0.05) is 12.1 Å². The van der Waals surface area contributed by atoms with E-state index in [0.717, 1.165) is 42.1 Å². The first-order chi connectivity index (χ1) is 12.7. The number of hydrogen-bond acceptors (Lipinski definition) is 4. The van der Waals surface area contributed by atoms with Gasteiger partial charge in [0.1, 0.15) is 11.4 Å². The molecular weight excluding hydrogens is 330 g/mol. The predicted molar refractivity (Wildman–Crippen MR) is 97.0 cm³/mol. The Morgan fingerprint density at radius 1 is 1.27 bits per heavy atom. The summed E-state index contributed by atoms with van der Waals surface area (Å²) < 4.78 is 5.25. The van der Waals surface area contributed by atoms with Gasteiger partial charge in [-0.25, -0.2) is 0 Å². The Balaban J connectivity index is 1.51. The van der Waals surface area contributed by atoms with E-state index >= 15 is 0 Å². The highest BCUT2D eigenvalue weighted by atomic mass is 16.5. The zero-order chi connectivity index (χ0) is 17.9. The smallest absolute Gasteiger partial charge is 0.271 e. The van der Waals surface area contributed by atoms with Crippen LogP contribution in [-0.2, 0) is 0 Å². The number of carbonyl (C=O) groups excluding carboxylic acids is 1. The summed E-state index contributed by atoms with van der Waals surface area (Å²) in [6, 6.07) is 11.4. The van der Waals surface area contributed by atoms with Crippen LogP contribution >= 0.6 is 0 Å². The molecule has 0 saturated carbocycles. The molecule has 1 aliphatic heterocycles. The molecule has 2 N–H and O–H groups in total. The quantitative estimate of drug-likeness (QED) is 0.757. The molecular formula is C19H21N5O2. The Morgan fingerprint density at radius 3 is 3.00 bits per heavy atom. The number of aromatic amines is 2. The van der Waals surface area contributed by atoms with Crippen LogP contribution in [0.25, 0.3) is 11.3 Å². The Bertz CT molecular complexity index is 887. The minimum Gasteiger partial charge on any atom is -0.497 e. The summed E-state index contributed by atoms with van der Waals surface area (Å²) >= 11 is 0. The van der Waals surface area contributed by atoms with Crippen molar-refractivity contribution in [2.75, 3.05) is 20.2 Å². The fraction of sp³-hybridized carbons (Fsp3) is 0.316. The fourth-order valence-electron chi connectivity index (χ4n) is 3.44. The lowest BCUT2D eigenvalue weighted by Gasteiger charge is -2.31. The van der Waals surface area contributed by atoms with E-state index < -0.39 is 0 Å². The predicted octanol–water partition coefficient (Wildman–Crippen LogP) is 2.83. The maximum absolute atomic E-state index is 12.9. The monoisotopic (exact) mass is 351 g/mol. The van der Waals surface area contributed by atoms with Crippen LogP contribution in [0, 0.1) is 0 Å². The molecule has 0 radical (unpaired) electrons. The number of piperidine rings is 1. The molecule has 1 fully saturated rings. The van der Waals surface area contributed by atoms with Crippen molar-refractivity contribution in [3.05, 3.63) is 54.0 Å². The maximum Gasteiger partial charge on any atom is 0.271 e. The molecule has 3 aromatic rings. The molecule has 0 bridgehead atoms. The summed E-state index contributed by atoms with van der Waals surface area (Å²) in [7, 11) is 1.63. The van der Waals surface area contributed by atoms with Crippen LogP contribution in [0.3, 0.4) is 0 Å². The minimum absolute atomic E-state index is 0.0177. The number of H-pyrrole nitrogens is 2. The Labute approximate surface area is 151 Å². The molecule has 1 atom stereocenters. The largest absolute Gasteiger partial charge is 0.497 e. The zero-order valence-corrected chi connectivity index (χ0v) is 14.6. The summed E-state index contributed by atoms with van der Waals surface area (Å²) in [4.78, 5) is 14.8. The molecule has 0 aliphatic carbocycles. The maximum atomic E-state index is 12.9. The first-order valence-electron chi connectivity index (χ1n) is 8.73. The fourth-order valence-corrected chi connectivity index (χ4v) is 3.44. The summed E-state index contributed by atoms with van der Waals surface area (Å²) in [6.45, 7) is 1.45. The van der Waals surface area contributed by atoms with Gasteiger partial charge in [0.15, 0.2) is 0 Å². The molecule has 1 unspecified atom stereocenters. The number of rotatable bonds is 4. The van der Waals surface area contributed by atoms with E-state index in [9.17, 15) is 4.79 Å². The Morgan fingerprint density at radius 2 is 2.19 bits per heavy atom. The molecule has 2 aromatic heterocycles. The van der Waals surface area contributed by atoms with Gasteiger partial charge in [-0.3, -0.25) is 15.0 Å². The minimum atomic E-state index is -0.0177.